The van der Waals surface area contributed by atoms with Gasteiger partial charge >= 0.3 is 0 Å². The number of hydrogen-bond donors (Lipinski definition) is 0. The van der Waals surface area contributed by atoms with E-state index < -0.39 is 0 Å². The molecule has 1 unspecified atom stereocenters. The lowest BCUT2D eigenvalue weighted by atomic mass is 10.1. The van der Waals surface area contributed by atoms with Crippen molar-refractivity contribution in [3.05, 3.63) is 49.9 Å². The second-order valence-corrected chi connectivity index (χ2v) is 7.37. The van der Waals surface area contributed by atoms with Crippen LogP contribution in [0.2, 0.25) is 0 Å². The minimum atomic E-state index is -0.343. The topological polar surface area (TPSA) is 9.23 Å². The first-order valence-electron chi connectivity index (χ1n) is 5.26. The molecule has 0 saturated carbocycles. The van der Waals surface area contributed by atoms with E-state index in [1.54, 1.807) is 23.5 Å². The number of thiophene rings is 1. The van der Waals surface area contributed by atoms with Gasteiger partial charge in [0.1, 0.15) is 0 Å². The van der Waals surface area contributed by atoms with Gasteiger partial charge in [0.25, 0.3) is 0 Å². The third-order valence-corrected chi connectivity index (χ3v) is 5.26. The van der Waals surface area contributed by atoms with Crippen LogP contribution >= 0.6 is 43.2 Å². The van der Waals surface area contributed by atoms with Gasteiger partial charge in [-0.3, -0.25) is 0 Å². The summed E-state index contributed by atoms with van der Waals surface area (Å²) in [6, 6.07) is 7.00. The Morgan fingerprint density at radius 3 is 2.61 bits per heavy atom. The van der Waals surface area contributed by atoms with Crippen molar-refractivity contribution >= 4 is 43.2 Å². The zero-order valence-corrected chi connectivity index (χ0v) is 13.8. The van der Waals surface area contributed by atoms with E-state index in [2.05, 4.69) is 44.8 Å². The number of rotatable bonds is 3. The van der Waals surface area contributed by atoms with Crippen molar-refractivity contribution in [3.63, 3.8) is 0 Å². The average Bonchev–Trinajstić information content (AvgIpc) is 2.68. The van der Waals surface area contributed by atoms with Crippen LogP contribution in [0.15, 0.2) is 28.1 Å². The molecule has 0 spiro atoms. The molecule has 0 N–H and O–H groups in total. The van der Waals surface area contributed by atoms with E-state index in [9.17, 15) is 4.39 Å². The summed E-state index contributed by atoms with van der Waals surface area (Å²) in [5.74, 6) is -0.0759. The molecule has 0 aliphatic rings. The molecule has 1 atom stereocenters. The van der Waals surface area contributed by atoms with Gasteiger partial charge in [0.05, 0.1) is 15.7 Å². The highest BCUT2D eigenvalue weighted by Gasteiger charge is 2.17. The third kappa shape index (κ3) is 2.78. The highest BCUT2D eigenvalue weighted by atomic mass is 79.9. The normalized spacial score (nSPS) is 12.5. The number of methoxy groups -OCH3 is 1. The predicted molar refractivity (Wildman–Crippen MR) is 80.5 cm³/mol. The second kappa shape index (κ2) is 5.72. The Morgan fingerprint density at radius 2 is 2.06 bits per heavy atom. The van der Waals surface area contributed by atoms with E-state index in [-0.39, 0.29) is 16.4 Å². The van der Waals surface area contributed by atoms with Crippen LogP contribution in [0.4, 0.5) is 4.39 Å². The number of alkyl halides is 1. The molecule has 0 amide bonds. The maximum absolute atomic E-state index is 13.4. The molecule has 2 rings (SSSR count). The summed E-state index contributed by atoms with van der Waals surface area (Å²) in [6.07, 6.45) is 0. The zero-order valence-electron chi connectivity index (χ0n) is 9.84. The van der Waals surface area contributed by atoms with E-state index in [1.165, 1.54) is 23.6 Å². The van der Waals surface area contributed by atoms with E-state index >= 15 is 0 Å². The van der Waals surface area contributed by atoms with E-state index in [0.717, 1.165) is 9.35 Å². The van der Waals surface area contributed by atoms with Crippen LogP contribution in [0.25, 0.3) is 0 Å². The van der Waals surface area contributed by atoms with Crippen molar-refractivity contribution in [2.75, 3.05) is 7.11 Å². The van der Waals surface area contributed by atoms with Crippen molar-refractivity contribution in [3.8, 4) is 5.75 Å². The van der Waals surface area contributed by atoms with Crippen molar-refractivity contribution < 1.29 is 9.13 Å². The largest absolute Gasteiger partial charge is 0.494 e. The van der Waals surface area contributed by atoms with Gasteiger partial charge < -0.3 is 4.74 Å². The van der Waals surface area contributed by atoms with Crippen molar-refractivity contribution in [1.29, 1.82) is 0 Å². The van der Waals surface area contributed by atoms with Crippen LogP contribution in [0.5, 0.6) is 5.75 Å². The van der Waals surface area contributed by atoms with Gasteiger partial charge in [-0.15, -0.1) is 11.3 Å². The standard InChI is InChI=1S/C13H11Br2FOS/c1-7-9(6-12(14)18-7)13(15)8-3-4-10(16)11(5-8)17-2/h3-6,13H,1-2H3. The average molecular weight is 394 g/mol. The van der Waals surface area contributed by atoms with E-state index in [0.29, 0.717) is 0 Å². The van der Waals surface area contributed by atoms with Crippen molar-refractivity contribution in [2.24, 2.45) is 0 Å². The zero-order chi connectivity index (χ0) is 13.3. The monoisotopic (exact) mass is 392 g/mol. The fourth-order valence-electron chi connectivity index (χ4n) is 1.72. The molecule has 0 aliphatic heterocycles. The number of ether oxygens (including phenoxy) is 1. The molecule has 1 aromatic carbocycles. The van der Waals surface area contributed by atoms with Gasteiger partial charge in [0.2, 0.25) is 0 Å². The van der Waals surface area contributed by atoms with Gasteiger partial charge in [-0.25, -0.2) is 4.39 Å². The summed E-state index contributed by atoms with van der Waals surface area (Å²) in [5, 5.41) is 0. The summed E-state index contributed by atoms with van der Waals surface area (Å²) in [4.78, 5) is 1.27. The molecule has 2 aromatic rings. The van der Waals surface area contributed by atoms with Gasteiger partial charge in [-0.2, -0.15) is 0 Å². The van der Waals surface area contributed by atoms with Crippen LogP contribution in [-0.4, -0.2) is 7.11 Å². The molecule has 0 saturated heterocycles. The van der Waals surface area contributed by atoms with Crippen LogP contribution in [-0.2, 0) is 0 Å². The molecule has 1 aromatic heterocycles. The number of halogens is 3. The fourth-order valence-corrected chi connectivity index (χ4v) is 4.38. The summed E-state index contributed by atoms with van der Waals surface area (Å²) < 4.78 is 19.5. The SMILES string of the molecule is COc1cc(C(Br)c2cc(Br)sc2C)ccc1F. The Hall–Kier alpha value is -0.390. The number of aryl methyl sites for hydroxylation is 1. The molecule has 18 heavy (non-hydrogen) atoms. The maximum Gasteiger partial charge on any atom is 0.165 e. The van der Waals surface area contributed by atoms with Crippen molar-refractivity contribution in [2.45, 2.75) is 11.8 Å². The second-order valence-electron chi connectivity index (χ2n) is 3.82. The molecule has 0 bridgehead atoms. The van der Waals surface area contributed by atoms with Crippen LogP contribution in [0.1, 0.15) is 20.8 Å². The van der Waals surface area contributed by atoms with E-state index in [1.807, 2.05) is 0 Å². The quantitative estimate of drug-likeness (QED) is 0.630. The Bertz CT molecular complexity index is 568. The minimum Gasteiger partial charge on any atom is -0.494 e. The lowest BCUT2D eigenvalue weighted by Crippen LogP contribution is -1.95. The lowest BCUT2D eigenvalue weighted by molar-refractivity contribution is 0.386. The van der Waals surface area contributed by atoms with Gasteiger partial charge in [0.15, 0.2) is 11.6 Å². The Balaban J connectivity index is 2.39. The number of hydrogen-bond acceptors (Lipinski definition) is 2. The number of benzene rings is 1. The van der Waals surface area contributed by atoms with Crippen LogP contribution in [0.3, 0.4) is 0 Å². The molecule has 96 valence electrons. The summed E-state index contributed by atoms with van der Waals surface area (Å²) in [7, 11) is 1.47. The molecular weight excluding hydrogens is 383 g/mol. The van der Waals surface area contributed by atoms with Gasteiger partial charge in [-0.05, 0) is 52.2 Å². The lowest BCUT2D eigenvalue weighted by Gasteiger charge is -2.12. The summed E-state index contributed by atoms with van der Waals surface area (Å²) in [6.45, 7) is 2.07. The maximum atomic E-state index is 13.4. The first-order valence-corrected chi connectivity index (χ1v) is 7.78. The molecule has 1 heterocycles. The van der Waals surface area contributed by atoms with Gasteiger partial charge in [0, 0.05) is 4.88 Å². The molecule has 5 heteroatoms. The molecule has 0 fully saturated rings. The van der Waals surface area contributed by atoms with Crippen molar-refractivity contribution in [1.82, 2.24) is 0 Å². The Kier molecular flexibility index (Phi) is 4.45. The Labute approximate surface area is 126 Å². The molecule has 0 radical (unpaired) electrons. The summed E-state index contributed by atoms with van der Waals surface area (Å²) in [5.41, 5.74) is 2.15. The third-order valence-electron chi connectivity index (χ3n) is 2.67. The summed E-state index contributed by atoms with van der Waals surface area (Å²) >= 11 is 8.82. The first-order chi connectivity index (χ1) is 8.52. The Morgan fingerprint density at radius 1 is 1.33 bits per heavy atom. The minimum absolute atomic E-state index is 0.0366. The van der Waals surface area contributed by atoms with Gasteiger partial charge in [-0.1, -0.05) is 22.0 Å². The predicted octanol–water partition coefficient (Wildman–Crippen LogP) is 5.45. The van der Waals surface area contributed by atoms with Crippen LogP contribution in [0, 0.1) is 12.7 Å². The molecule has 0 aliphatic carbocycles. The van der Waals surface area contributed by atoms with Crippen LogP contribution < -0.4 is 4.74 Å². The van der Waals surface area contributed by atoms with E-state index in [4.69, 9.17) is 4.74 Å². The molecular formula is C13H11Br2FOS. The molecule has 1 nitrogen and oxygen atoms in total. The smallest absolute Gasteiger partial charge is 0.165 e. The highest BCUT2D eigenvalue weighted by molar-refractivity contribution is 9.11. The highest BCUT2D eigenvalue weighted by Crippen LogP contribution is 2.39. The first kappa shape index (κ1) is 14.0. The fraction of sp³-hybridized carbons (Fsp3) is 0.231.